The van der Waals surface area contributed by atoms with Gasteiger partial charge in [0.1, 0.15) is 0 Å². The number of nitrogens with zero attached hydrogens (tertiary/aromatic N) is 3. The molecule has 2 aromatic carbocycles. The van der Waals surface area contributed by atoms with E-state index < -0.39 is 0 Å². The monoisotopic (exact) mass is 349 g/mol. The van der Waals surface area contributed by atoms with Crippen LogP contribution in [-0.2, 0) is 17.8 Å². The van der Waals surface area contributed by atoms with Crippen molar-refractivity contribution >= 4 is 5.91 Å². The third-order valence-corrected chi connectivity index (χ3v) is 4.38. The van der Waals surface area contributed by atoms with E-state index in [1.807, 2.05) is 49.5 Å². The molecule has 1 amide bonds. The van der Waals surface area contributed by atoms with Gasteiger partial charge in [0, 0.05) is 32.0 Å². The molecule has 0 saturated heterocycles. The summed E-state index contributed by atoms with van der Waals surface area (Å²) in [6.45, 7) is 2.69. The van der Waals surface area contributed by atoms with Crippen molar-refractivity contribution in [2.75, 3.05) is 7.05 Å². The smallest absolute Gasteiger partial charge is 0.226 e. The molecule has 0 N–H and O–H groups in total. The van der Waals surface area contributed by atoms with Gasteiger partial charge in [-0.15, -0.1) is 0 Å². The summed E-state index contributed by atoms with van der Waals surface area (Å²) in [7, 11) is 1.84. The largest absolute Gasteiger partial charge is 0.341 e. The Morgan fingerprint density at radius 1 is 1.08 bits per heavy atom. The first-order chi connectivity index (χ1) is 12.6. The molecular weight excluding hydrogens is 326 g/mol. The fourth-order valence-electron chi connectivity index (χ4n) is 2.77. The lowest BCUT2D eigenvalue weighted by atomic mass is 10.1. The van der Waals surface area contributed by atoms with Gasteiger partial charge in [0.2, 0.25) is 17.6 Å². The lowest BCUT2D eigenvalue weighted by Gasteiger charge is -2.18. The maximum atomic E-state index is 12.3. The van der Waals surface area contributed by atoms with E-state index in [1.54, 1.807) is 4.90 Å². The Balaban J connectivity index is 1.48. The molecule has 5 nitrogen and oxygen atoms in total. The van der Waals surface area contributed by atoms with E-state index in [2.05, 4.69) is 29.2 Å². The van der Waals surface area contributed by atoms with Crippen LogP contribution in [0.2, 0.25) is 0 Å². The quantitative estimate of drug-likeness (QED) is 0.646. The summed E-state index contributed by atoms with van der Waals surface area (Å²) in [6, 6.07) is 17.8. The zero-order valence-electron chi connectivity index (χ0n) is 15.2. The van der Waals surface area contributed by atoms with Crippen LogP contribution in [0.25, 0.3) is 11.4 Å². The third-order valence-electron chi connectivity index (χ3n) is 4.38. The van der Waals surface area contributed by atoms with Crippen molar-refractivity contribution in [1.29, 1.82) is 0 Å². The van der Waals surface area contributed by atoms with Gasteiger partial charge in [-0.2, -0.15) is 4.98 Å². The molecule has 0 aliphatic heterocycles. The minimum atomic E-state index is 0.121. The zero-order valence-corrected chi connectivity index (χ0v) is 15.2. The molecule has 0 fully saturated rings. The minimum absolute atomic E-state index is 0.121. The zero-order chi connectivity index (χ0) is 18.4. The molecule has 1 heterocycles. The highest BCUT2D eigenvalue weighted by Crippen LogP contribution is 2.16. The van der Waals surface area contributed by atoms with Crippen LogP contribution < -0.4 is 0 Å². The molecule has 3 rings (SSSR count). The number of benzene rings is 2. The van der Waals surface area contributed by atoms with Gasteiger partial charge < -0.3 is 9.42 Å². The summed E-state index contributed by atoms with van der Waals surface area (Å²) in [5.41, 5.74) is 3.30. The number of amides is 1. The van der Waals surface area contributed by atoms with E-state index in [9.17, 15) is 4.79 Å². The molecular formula is C21H23N3O2. The van der Waals surface area contributed by atoms with Gasteiger partial charge in [0.25, 0.3) is 0 Å². The molecule has 26 heavy (non-hydrogen) atoms. The van der Waals surface area contributed by atoms with Crippen LogP contribution >= 0.6 is 0 Å². The Bertz CT molecular complexity index is 858. The van der Waals surface area contributed by atoms with Gasteiger partial charge in [-0.3, -0.25) is 4.79 Å². The van der Waals surface area contributed by atoms with Crippen LogP contribution in [0.15, 0.2) is 59.1 Å². The first-order valence-electron chi connectivity index (χ1n) is 8.80. The van der Waals surface area contributed by atoms with Crippen molar-refractivity contribution in [3.63, 3.8) is 0 Å². The SMILES string of the molecule is Cc1ccccc1CN(C)C(=O)CCCc1nc(-c2ccccc2)no1. The predicted octanol–water partition coefficient (Wildman–Crippen LogP) is 4.03. The summed E-state index contributed by atoms with van der Waals surface area (Å²) in [4.78, 5) is 18.5. The fourth-order valence-corrected chi connectivity index (χ4v) is 2.77. The second kappa shape index (κ2) is 8.43. The van der Waals surface area contributed by atoms with Gasteiger partial charge in [-0.25, -0.2) is 0 Å². The normalized spacial score (nSPS) is 10.7. The molecule has 1 aromatic heterocycles. The number of carbonyl (C=O) groups excluding carboxylic acids is 1. The Morgan fingerprint density at radius 2 is 1.81 bits per heavy atom. The Kier molecular flexibility index (Phi) is 5.79. The molecule has 0 aliphatic rings. The summed E-state index contributed by atoms with van der Waals surface area (Å²) < 4.78 is 5.29. The number of rotatable bonds is 7. The van der Waals surface area contributed by atoms with Gasteiger partial charge in [-0.1, -0.05) is 59.8 Å². The van der Waals surface area contributed by atoms with Gasteiger partial charge in [-0.05, 0) is 24.5 Å². The van der Waals surface area contributed by atoms with E-state index >= 15 is 0 Å². The number of aryl methyl sites for hydroxylation is 2. The van der Waals surface area contributed by atoms with Gasteiger partial charge in [0.05, 0.1) is 0 Å². The van der Waals surface area contributed by atoms with Crippen LogP contribution in [0.1, 0.15) is 29.9 Å². The van der Waals surface area contributed by atoms with Crippen LogP contribution in [0, 0.1) is 6.92 Å². The number of hydrogen-bond donors (Lipinski definition) is 0. The van der Waals surface area contributed by atoms with Crippen molar-refractivity contribution in [2.45, 2.75) is 32.7 Å². The van der Waals surface area contributed by atoms with E-state index in [-0.39, 0.29) is 5.91 Å². The van der Waals surface area contributed by atoms with Crippen molar-refractivity contribution in [3.05, 3.63) is 71.6 Å². The van der Waals surface area contributed by atoms with Gasteiger partial charge >= 0.3 is 0 Å². The van der Waals surface area contributed by atoms with Crippen molar-refractivity contribution in [3.8, 4) is 11.4 Å². The molecule has 0 unspecified atom stereocenters. The number of hydrogen-bond acceptors (Lipinski definition) is 4. The summed E-state index contributed by atoms with van der Waals surface area (Å²) in [6.07, 6.45) is 1.75. The standard InChI is InChI=1S/C21H23N3O2/c1-16-9-6-7-12-18(16)15-24(2)20(25)14-8-13-19-22-21(23-26-19)17-10-4-3-5-11-17/h3-7,9-12H,8,13-15H2,1-2H3. The molecule has 0 radical (unpaired) electrons. The predicted molar refractivity (Wildman–Crippen MR) is 100 cm³/mol. The summed E-state index contributed by atoms with van der Waals surface area (Å²) in [5, 5.41) is 4.00. The molecule has 0 aliphatic carbocycles. The van der Waals surface area contributed by atoms with Crippen LogP contribution in [-0.4, -0.2) is 28.0 Å². The molecule has 0 atom stereocenters. The highest BCUT2D eigenvalue weighted by molar-refractivity contribution is 5.75. The second-order valence-electron chi connectivity index (χ2n) is 6.41. The molecule has 0 bridgehead atoms. The summed E-state index contributed by atoms with van der Waals surface area (Å²) >= 11 is 0. The van der Waals surface area contributed by atoms with Crippen LogP contribution in [0.4, 0.5) is 0 Å². The first kappa shape index (κ1) is 17.9. The van der Waals surface area contributed by atoms with E-state index in [1.165, 1.54) is 11.1 Å². The molecule has 5 heteroatoms. The van der Waals surface area contributed by atoms with E-state index in [0.717, 1.165) is 5.56 Å². The first-order valence-corrected chi connectivity index (χ1v) is 8.80. The third kappa shape index (κ3) is 4.57. The topological polar surface area (TPSA) is 59.2 Å². The Morgan fingerprint density at radius 3 is 2.58 bits per heavy atom. The molecule has 134 valence electrons. The fraction of sp³-hybridized carbons (Fsp3) is 0.286. The lowest BCUT2D eigenvalue weighted by molar-refractivity contribution is -0.130. The van der Waals surface area contributed by atoms with E-state index in [4.69, 9.17) is 4.52 Å². The Hall–Kier alpha value is -2.95. The maximum absolute atomic E-state index is 12.3. The van der Waals surface area contributed by atoms with Crippen molar-refractivity contribution in [2.24, 2.45) is 0 Å². The van der Waals surface area contributed by atoms with Crippen LogP contribution in [0.5, 0.6) is 0 Å². The average molecular weight is 349 g/mol. The van der Waals surface area contributed by atoms with Crippen molar-refractivity contribution in [1.82, 2.24) is 15.0 Å². The number of aromatic nitrogens is 2. The molecule has 0 saturated carbocycles. The number of carbonyl (C=O) groups is 1. The van der Waals surface area contributed by atoms with Gasteiger partial charge in [0.15, 0.2) is 0 Å². The highest BCUT2D eigenvalue weighted by Gasteiger charge is 2.12. The van der Waals surface area contributed by atoms with Crippen LogP contribution in [0.3, 0.4) is 0 Å². The average Bonchev–Trinajstić information content (AvgIpc) is 3.13. The van der Waals surface area contributed by atoms with E-state index in [0.29, 0.717) is 37.5 Å². The van der Waals surface area contributed by atoms with Crippen molar-refractivity contribution < 1.29 is 9.32 Å². The lowest BCUT2D eigenvalue weighted by Crippen LogP contribution is -2.26. The second-order valence-corrected chi connectivity index (χ2v) is 6.41. The highest BCUT2D eigenvalue weighted by atomic mass is 16.5. The maximum Gasteiger partial charge on any atom is 0.226 e. The Labute approximate surface area is 153 Å². The minimum Gasteiger partial charge on any atom is -0.341 e. The molecule has 3 aromatic rings. The molecule has 0 spiro atoms. The summed E-state index contributed by atoms with van der Waals surface area (Å²) in [5.74, 6) is 1.28.